The van der Waals surface area contributed by atoms with Gasteiger partial charge < -0.3 is 4.18 Å². The number of nitrogens with one attached hydrogen (secondary N) is 1. The van der Waals surface area contributed by atoms with Crippen molar-refractivity contribution in [1.29, 1.82) is 0 Å². The Morgan fingerprint density at radius 2 is 1.73 bits per heavy atom. The van der Waals surface area contributed by atoms with Crippen LogP contribution in [0.4, 0.5) is 5.95 Å². The van der Waals surface area contributed by atoms with Crippen molar-refractivity contribution in [2.45, 2.75) is 45.1 Å². The lowest BCUT2D eigenvalue weighted by Gasteiger charge is -2.21. The topological polar surface area (TPSA) is 103 Å². The number of hydrogen-bond donors (Lipinski definition) is 1. The number of aromatic nitrogens is 3. The highest BCUT2D eigenvalue weighted by atomic mass is 32.2. The molecule has 1 amide bonds. The van der Waals surface area contributed by atoms with Crippen LogP contribution in [0.2, 0.25) is 0 Å². The molecule has 0 aliphatic rings. The zero-order chi connectivity index (χ0) is 22.1. The van der Waals surface area contributed by atoms with Crippen molar-refractivity contribution in [3.63, 3.8) is 0 Å². The second kappa shape index (κ2) is 7.91. The van der Waals surface area contributed by atoms with Crippen LogP contribution in [-0.4, -0.2) is 29.1 Å². The summed E-state index contributed by atoms with van der Waals surface area (Å²) in [6, 6.07) is 11.0. The third-order valence-corrected chi connectivity index (χ3v) is 5.73. The van der Waals surface area contributed by atoms with Gasteiger partial charge in [-0.1, -0.05) is 12.1 Å². The summed E-state index contributed by atoms with van der Waals surface area (Å²) in [4.78, 5) is 16.7. The first-order valence-electron chi connectivity index (χ1n) is 9.31. The molecular weight excluding hydrogens is 404 g/mol. The molecule has 0 unspecified atom stereocenters. The van der Waals surface area contributed by atoms with E-state index in [1.54, 1.807) is 23.7 Å². The molecule has 0 saturated carbocycles. The molecule has 1 heterocycles. The van der Waals surface area contributed by atoms with Gasteiger partial charge in [0.2, 0.25) is 5.95 Å². The van der Waals surface area contributed by atoms with Crippen molar-refractivity contribution in [3.8, 4) is 5.75 Å². The van der Waals surface area contributed by atoms with E-state index in [-0.39, 0.29) is 16.2 Å². The molecule has 30 heavy (non-hydrogen) atoms. The predicted octanol–water partition coefficient (Wildman–Crippen LogP) is 3.67. The summed E-state index contributed by atoms with van der Waals surface area (Å²) in [6.45, 7) is 9.35. The van der Waals surface area contributed by atoms with E-state index in [2.05, 4.69) is 15.4 Å². The van der Waals surface area contributed by atoms with Crippen LogP contribution in [0.25, 0.3) is 0 Å². The molecule has 0 saturated heterocycles. The highest BCUT2D eigenvalue weighted by molar-refractivity contribution is 7.87. The molecule has 0 aliphatic heterocycles. The molecule has 2 aromatic carbocycles. The quantitative estimate of drug-likeness (QED) is 0.622. The molecule has 0 bridgehead atoms. The highest BCUT2D eigenvalue weighted by Crippen LogP contribution is 2.23. The molecule has 0 fully saturated rings. The van der Waals surface area contributed by atoms with E-state index in [4.69, 9.17) is 4.18 Å². The molecule has 8 nitrogen and oxygen atoms in total. The van der Waals surface area contributed by atoms with Gasteiger partial charge in [0, 0.05) is 5.56 Å². The van der Waals surface area contributed by atoms with Crippen molar-refractivity contribution in [2.75, 3.05) is 5.32 Å². The van der Waals surface area contributed by atoms with Crippen LogP contribution < -0.4 is 9.50 Å². The van der Waals surface area contributed by atoms with E-state index in [1.165, 1.54) is 30.6 Å². The van der Waals surface area contributed by atoms with Gasteiger partial charge in [-0.05, 0) is 76.1 Å². The second-order valence-corrected chi connectivity index (χ2v) is 9.47. The van der Waals surface area contributed by atoms with Crippen LogP contribution in [0.3, 0.4) is 0 Å². The van der Waals surface area contributed by atoms with Gasteiger partial charge in [-0.2, -0.15) is 18.5 Å². The first kappa shape index (κ1) is 21.5. The van der Waals surface area contributed by atoms with Crippen molar-refractivity contribution < 1.29 is 17.4 Å². The number of anilines is 1. The Labute approximate surface area is 176 Å². The van der Waals surface area contributed by atoms with E-state index >= 15 is 0 Å². The number of amides is 1. The fourth-order valence-electron chi connectivity index (χ4n) is 2.80. The molecule has 0 spiro atoms. The van der Waals surface area contributed by atoms with E-state index < -0.39 is 16.0 Å². The van der Waals surface area contributed by atoms with Gasteiger partial charge in [0.25, 0.3) is 5.91 Å². The Kier molecular flexibility index (Phi) is 5.67. The molecule has 1 N–H and O–H groups in total. The van der Waals surface area contributed by atoms with Crippen LogP contribution in [-0.2, 0) is 15.7 Å². The predicted molar refractivity (Wildman–Crippen MR) is 113 cm³/mol. The summed E-state index contributed by atoms with van der Waals surface area (Å²) < 4.78 is 32.1. The Morgan fingerprint density at radius 3 is 2.37 bits per heavy atom. The van der Waals surface area contributed by atoms with E-state index in [0.717, 1.165) is 5.56 Å². The standard InChI is InChI=1S/C21H24N4O4S/c1-14-6-7-15(2)18(12-14)30(27,28)29-17-10-8-16(9-11-17)19(26)24-20-22-13-23-25(20)21(3,4)5/h6-13H,1-5H3,(H,22,23,24,26). The summed E-state index contributed by atoms with van der Waals surface area (Å²) in [6.07, 6.45) is 1.37. The van der Waals surface area contributed by atoms with Gasteiger partial charge in [0.15, 0.2) is 0 Å². The van der Waals surface area contributed by atoms with Gasteiger partial charge in [0.1, 0.15) is 17.0 Å². The Bertz CT molecular complexity index is 1180. The zero-order valence-electron chi connectivity index (χ0n) is 17.5. The largest absolute Gasteiger partial charge is 0.379 e. The number of benzene rings is 2. The van der Waals surface area contributed by atoms with Gasteiger partial charge in [-0.3, -0.25) is 10.1 Å². The fraction of sp³-hybridized carbons (Fsp3) is 0.286. The number of hydrogen-bond acceptors (Lipinski definition) is 6. The monoisotopic (exact) mass is 428 g/mol. The molecule has 0 radical (unpaired) electrons. The van der Waals surface area contributed by atoms with Crippen LogP contribution in [0.5, 0.6) is 5.75 Å². The summed E-state index contributed by atoms with van der Waals surface area (Å²) in [5.74, 6) is 0.0491. The Balaban J connectivity index is 1.76. The van der Waals surface area contributed by atoms with E-state index in [1.807, 2.05) is 33.8 Å². The molecule has 1 aromatic heterocycles. The Hall–Kier alpha value is -3.20. The number of rotatable bonds is 5. The molecule has 3 rings (SSSR count). The molecule has 3 aromatic rings. The second-order valence-electron chi connectivity index (χ2n) is 7.95. The van der Waals surface area contributed by atoms with Crippen LogP contribution in [0.15, 0.2) is 53.7 Å². The van der Waals surface area contributed by atoms with Crippen molar-refractivity contribution in [3.05, 3.63) is 65.5 Å². The Morgan fingerprint density at radius 1 is 1.07 bits per heavy atom. The molecule has 0 aliphatic carbocycles. The van der Waals surface area contributed by atoms with Crippen LogP contribution in [0, 0.1) is 13.8 Å². The fourth-order valence-corrected chi connectivity index (χ4v) is 4.05. The van der Waals surface area contributed by atoms with Gasteiger partial charge in [0.05, 0.1) is 5.54 Å². The maximum absolute atomic E-state index is 12.6. The minimum atomic E-state index is -3.98. The first-order chi connectivity index (χ1) is 14.0. The molecule has 0 atom stereocenters. The molecule has 158 valence electrons. The van der Waals surface area contributed by atoms with Gasteiger partial charge >= 0.3 is 10.1 Å². The SMILES string of the molecule is Cc1ccc(C)c(S(=O)(=O)Oc2ccc(C(=O)Nc3ncnn3C(C)(C)C)cc2)c1. The van der Waals surface area contributed by atoms with Crippen molar-refractivity contribution in [2.24, 2.45) is 0 Å². The minimum absolute atomic E-state index is 0.116. The maximum Gasteiger partial charge on any atom is 0.339 e. The highest BCUT2D eigenvalue weighted by Gasteiger charge is 2.21. The molecular formula is C21H24N4O4S. The summed E-state index contributed by atoms with van der Waals surface area (Å²) in [5.41, 5.74) is 1.39. The third-order valence-electron chi connectivity index (χ3n) is 4.34. The number of carbonyl (C=O) groups is 1. The van der Waals surface area contributed by atoms with E-state index in [9.17, 15) is 13.2 Å². The first-order valence-corrected chi connectivity index (χ1v) is 10.7. The average molecular weight is 429 g/mol. The van der Waals surface area contributed by atoms with E-state index in [0.29, 0.717) is 17.1 Å². The van der Waals surface area contributed by atoms with Crippen LogP contribution >= 0.6 is 0 Å². The lowest BCUT2D eigenvalue weighted by molar-refractivity contribution is 0.102. The number of aryl methyl sites for hydroxylation is 2. The van der Waals surface area contributed by atoms with Crippen molar-refractivity contribution >= 4 is 22.0 Å². The summed E-state index contributed by atoms with van der Waals surface area (Å²) in [7, 11) is -3.98. The maximum atomic E-state index is 12.6. The zero-order valence-corrected chi connectivity index (χ0v) is 18.3. The summed E-state index contributed by atoms with van der Waals surface area (Å²) in [5, 5.41) is 6.85. The minimum Gasteiger partial charge on any atom is -0.379 e. The third kappa shape index (κ3) is 4.68. The van der Waals surface area contributed by atoms with Crippen molar-refractivity contribution in [1.82, 2.24) is 14.8 Å². The van der Waals surface area contributed by atoms with Gasteiger partial charge in [-0.25, -0.2) is 4.68 Å². The van der Waals surface area contributed by atoms with Gasteiger partial charge in [-0.15, -0.1) is 0 Å². The van der Waals surface area contributed by atoms with Crippen LogP contribution in [0.1, 0.15) is 42.3 Å². The smallest absolute Gasteiger partial charge is 0.339 e. The normalized spacial score (nSPS) is 11.9. The molecule has 9 heteroatoms. The lowest BCUT2D eigenvalue weighted by Crippen LogP contribution is -2.27. The lowest BCUT2D eigenvalue weighted by atomic mass is 10.1. The average Bonchev–Trinajstić information content (AvgIpc) is 3.12. The number of nitrogens with zero attached hydrogens (tertiary/aromatic N) is 3. The number of carbonyl (C=O) groups excluding carboxylic acids is 1. The summed E-state index contributed by atoms with van der Waals surface area (Å²) >= 11 is 0.